The van der Waals surface area contributed by atoms with E-state index in [1.54, 1.807) is 6.07 Å². The third-order valence-corrected chi connectivity index (χ3v) is 37.2. The van der Waals surface area contributed by atoms with E-state index in [-0.39, 0.29) is 42.1 Å². The van der Waals surface area contributed by atoms with Gasteiger partial charge in [-0.2, -0.15) is 0 Å². The van der Waals surface area contributed by atoms with Gasteiger partial charge in [-0.3, -0.25) is 0 Å². The summed E-state index contributed by atoms with van der Waals surface area (Å²) >= 11 is 5.15. The molecule has 12 aliphatic rings. The molecule has 2 aromatic rings. The number of esters is 2. The van der Waals surface area contributed by atoms with Crippen LogP contribution in [0.25, 0.3) is 0 Å². The summed E-state index contributed by atoms with van der Waals surface area (Å²) < 4.78 is 26.8. The van der Waals surface area contributed by atoms with Gasteiger partial charge in [0.1, 0.15) is 0 Å². The number of benzene rings is 2. The molecule has 0 aromatic heterocycles. The standard InChI is InChI=1S/C51H64I2O9Te/c1-49(35-13-29-10-30(15-35)16-36(49)14-29)26-46(54)62-61-44-25-42(58-28-48(56)60-51(3)39-21-33-12-34(23-39)24-40(51)22-33)6-9-45(44)63(52,53)43-7-4-41(5-8-43)57-27-47(55)59-50(2)37-17-31-11-32(19-37)20-38(50)18-31/h4-9,25,29-40H,10-24,26-28H2,1-3H3. The maximum atomic E-state index is 13.7. The van der Waals surface area contributed by atoms with Crippen molar-refractivity contribution in [2.24, 2.45) is 76.4 Å². The van der Waals surface area contributed by atoms with Crippen LogP contribution in [0.1, 0.15) is 124 Å². The third kappa shape index (κ3) is 8.14. The van der Waals surface area contributed by atoms with E-state index in [1.807, 2.05) is 24.3 Å². The number of carbonyl (C=O) groups excluding carboxylic acids is 3. The average Bonchev–Trinajstić information content (AvgIpc) is 3.24. The van der Waals surface area contributed by atoms with Gasteiger partial charge in [-0.15, -0.1) is 0 Å². The van der Waals surface area contributed by atoms with Gasteiger partial charge in [0.15, 0.2) is 0 Å². The first kappa shape index (κ1) is 44.0. The van der Waals surface area contributed by atoms with Crippen molar-refractivity contribution in [3.05, 3.63) is 42.5 Å². The number of halogens is 2. The molecule has 0 atom stereocenters. The fraction of sp³-hybridized carbons (Fsp3) is 0.706. The number of ether oxygens (including phenoxy) is 4. The minimum absolute atomic E-state index is 0.0716. The summed E-state index contributed by atoms with van der Waals surface area (Å²) in [5.41, 5.74) is -0.886. The first-order valence-electron chi connectivity index (χ1n) is 24.2. The Bertz CT molecular complexity index is 2040. The molecule has 0 spiro atoms. The SMILES string of the molecule is CC1(CC(=O)OOc2cc(OCC(=O)OC3(C)C4CC5CC(C4)CC3C5)ccc2[Te](I)(I)c2ccc(OCC(=O)OC3(C)C4CC5CC(C4)CC3C5)cc2)C2CC3CC(C2)CC1C3. The number of hydrogen-bond acceptors (Lipinski definition) is 9. The molecule has 2 aromatic carbocycles. The van der Waals surface area contributed by atoms with E-state index >= 15 is 0 Å². The van der Waals surface area contributed by atoms with Crippen molar-refractivity contribution in [1.82, 2.24) is 0 Å². The van der Waals surface area contributed by atoms with Crippen LogP contribution in [0.15, 0.2) is 42.5 Å². The van der Waals surface area contributed by atoms with Crippen LogP contribution >= 0.6 is 37.4 Å². The first-order valence-corrected chi connectivity index (χ1v) is 40.1. The normalized spacial score (nSPS) is 41.3. The molecule has 12 bridgehead atoms. The van der Waals surface area contributed by atoms with Crippen LogP contribution in [0.5, 0.6) is 17.2 Å². The summed E-state index contributed by atoms with van der Waals surface area (Å²) in [6.07, 6.45) is 18.7. The molecule has 0 amide bonds. The van der Waals surface area contributed by atoms with Gasteiger partial charge in [-0.05, 0) is 12.8 Å². The second-order valence-electron chi connectivity index (χ2n) is 22.6. The van der Waals surface area contributed by atoms with Crippen LogP contribution in [0, 0.1) is 76.4 Å². The van der Waals surface area contributed by atoms with E-state index < -0.39 is 15.9 Å². The number of rotatable bonds is 14. The van der Waals surface area contributed by atoms with E-state index in [0.29, 0.717) is 59.2 Å². The predicted molar refractivity (Wildman–Crippen MR) is 257 cm³/mol. The summed E-state index contributed by atoms with van der Waals surface area (Å²) in [7, 11) is -3.26. The average molecular weight is 1200 g/mol. The molecular formula is C51H64I2O9Te. The van der Waals surface area contributed by atoms with E-state index in [2.05, 4.69) is 70.3 Å². The Labute approximate surface area is 396 Å². The molecule has 342 valence electrons. The fourth-order valence-electron chi connectivity index (χ4n) is 16.1. The molecule has 0 aliphatic heterocycles. The first-order chi connectivity index (χ1) is 30.1. The minimum atomic E-state index is -3.26. The van der Waals surface area contributed by atoms with Crippen molar-refractivity contribution in [2.75, 3.05) is 13.2 Å². The van der Waals surface area contributed by atoms with E-state index in [4.69, 9.17) is 28.7 Å². The van der Waals surface area contributed by atoms with Crippen molar-refractivity contribution >= 4 is 72.8 Å². The van der Waals surface area contributed by atoms with Gasteiger partial charge in [-0.25, -0.2) is 0 Å². The van der Waals surface area contributed by atoms with Gasteiger partial charge in [0, 0.05) is 0 Å². The zero-order valence-corrected chi connectivity index (χ0v) is 43.7. The van der Waals surface area contributed by atoms with Crippen molar-refractivity contribution < 1.29 is 43.1 Å². The summed E-state index contributed by atoms with van der Waals surface area (Å²) in [4.78, 5) is 52.3. The van der Waals surface area contributed by atoms with Crippen LogP contribution in [-0.2, 0) is 28.7 Å². The Balaban J connectivity index is 0.766. The molecule has 0 N–H and O–H groups in total. The molecule has 63 heavy (non-hydrogen) atoms. The van der Waals surface area contributed by atoms with Gasteiger partial charge in [-0.1, -0.05) is 0 Å². The molecule has 9 nitrogen and oxygen atoms in total. The maximum absolute atomic E-state index is 13.7. The van der Waals surface area contributed by atoms with Crippen molar-refractivity contribution in [3.8, 4) is 17.2 Å². The van der Waals surface area contributed by atoms with Gasteiger partial charge < -0.3 is 0 Å². The molecule has 12 saturated carbocycles. The number of hydrogen-bond donors (Lipinski definition) is 0. The van der Waals surface area contributed by atoms with E-state index in [0.717, 1.165) is 68.4 Å². The van der Waals surface area contributed by atoms with Crippen molar-refractivity contribution in [1.29, 1.82) is 0 Å². The van der Waals surface area contributed by atoms with Gasteiger partial charge in [0.25, 0.3) is 0 Å². The Kier molecular flexibility index (Phi) is 11.6. The molecule has 0 heterocycles. The molecular weight excluding hydrogens is 1140 g/mol. The molecule has 14 rings (SSSR count). The second kappa shape index (κ2) is 16.6. The van der Waals surface area contributed by atoms with Gasteiger partial charge >= 0.3 is 387 Å². The summed E-state index contributed by atoms with van der Waals surface area (Å²) in [6.45, 7) is 6.29. The fourth-order valence-corrected chi connectivity index (χ4v) is 28.7. The Morgan fingerprint density at radius 1 is 0.540 bits per heavy atom. The third-order valence-electron chi connectivity index (χ3n) is 19.0. The van der Waals surface area contributed by atoms with Crippen LogP contribution in [-0.4, -0.2) is 52.6 Å². The molecule has 12 heteroatoms. The Morgan fingerprint density at radius 2 is 0.937 bits per heavy atom. The molecule has 12 fully saturated rings. The number of carbonyl (C=O) groups is 3. The topological polar surface area (TPSA) is 107 Å². The zero-order valence-electron chi connectivity index (χ0n) is 37.0. The van der Waals surface area contributed by atoms with Crippen LogP contribution in [0.2, 0.25) is 0 Å². The van der Waals surface area contributed by atoms with Crippen LogP contribution in [0.3, 0.4) is 0 Å². The summed E-state index contributed by atoms with van der Waals surface area (Å²) in [5.74, 6) is 8.21. The monoisotopic (exact) mass is 1200 g/mol. The summed E-state index contributed by atoms with van der Waals surface area (Å²) in [6, 6.07) is 13.6. The van der Waals surface area contributed by atoms with Gasteiger partial charge in [0.2, 0.25) is 0 Å². The molecule has 0 unspecified atom stereocenters. The predicted octanol–water partition coefficient (Wildman–Crippen LogP) is 10.1. The van der Waals surface area contributed by atoms with Crippen LogP contribution < -0.4 is 21.6 Å². The van der Waals surface area contributed by atoms with Crippen molar-refractivity contribution in [2.45, 2.75) is 135 Å². The Hall–Kier alpha value is -1.50. The molecule has 0 radical (unpaired) electrons. The Morgan fingerprint density at radius 3 is 1.38 bits per heavy atom. The summed E-state index contributed by atoms with van der Waals surface area (Å²) in [5, 5.41) is 0. The second-order valence-corrected chi connectivity index (χ2v) is 56.9. The van der Waals surface area contributed by atoms with Gasteiger partial charge in [0.05, 0.1) is 0 Å². The molecule has 0 saturated heterocycles. The van der Waals surface area contributed by atoms with E-state index in [1.165, 1.54) is 70.6 Å². The van der Waals surface area contributed by atoms with E-state index in [9.17, 15) is 14.4 Å². The quantitative estimate of drug-likeness (QED) is 0.0601. The zero-order chi connectivity index (χ0) is 43.5. The van der Waals surface area contributed by atoms with Crippen molar-refractivity contribution in [3.63, 3.8) is 0 Å². The molecule has 12 aliphatic carbocycles. The van der Waals surface area contributed by atoms with Crippen LogP contribution in [0.4, 0.5) is 0 Å².